The number of halogens is 2. The molecule has 0 aliphatic heterocycles. The maximum Gasteiger partial charge on any atom is 0.0602 e. The average molecular weight is 185 g/mol. The molecule has 0 saturated heterocycles. The van der Waals surface area contributed by atoms with Gasteiger partial charge in [-0.3, -0.25) is 0 Å². The van der Waals surface area contributed by atoms with E-state index >= 15 is 0 Å². The van der Waals surface area contributed by atoms with Gasteiger partial charge in [-0.2, -0.15) is 0 Å². The van der Waals surface area contributed by atoms with Crippen molar-refractivity contribution in [3.05, 3.63) is 0 Å². The fraction of sp³-hybridized carbons (Fsp3) is 1.00. The minimum atomic E-state index is 0.0770. The monoisotopic (exact) mass is 184 g/mol. The van der Waals surface area contributed by atoms with Gasteiger partial charge in [-0.05, 0) is 0 Å². The van der Waals surface area contributed by atoms with Gasteiger partial charge in [0.1, 0.15) is 0 Å². The SMILES string of the molecule is CC(C)(CCl)COCCCl. The van der Waals surface area contributed by atoms with Crippen LogP contribution in [0.5, 0.6) is 0 Å². The smallest absolute Gasteiger partial charge is 0.0602 e. The normalized spacial score (nSPS) is 12.0. The molecular formula is C7H14Cl2O. The Bertz CT molecular complexity index is 83.7. The lowest BCUT2D eigenvalue weighted by Gasteiger charge is -2.20. The highest BCUT2D eigenvalue weighted by molar-refractivity contribution is 6.18. The van der Waals surface area contributed by atoms with Crippen LogP contribution in [-0.2, 0) is 4.74 Å². The molecule has 0 bridgehead atoms. The summed E-state index contributed by atoms with van der Waals surface area (Å²) in [5, 5.41) is 0. The van der Waals surface area contributed by atoms with Crippen molar-refractivity contribution in [2.45, 2.75) is 13.8 Å². The molecule has 0 aromatic heterocycles. The average Bonchev–Trinajstić information content (AvgIpc) is 1.89. The van der Waals surface area contributed by atoms with Crippen molar-refractivity contribution < 1.29 is 4.74 Å². The number of hydrogen-bond acceptors (Lipinski definition) is 1. The van der Waals surface area contributed by atoms with E-state index in [9.17, 15) is 0 Å². The summed E-state index contributed by atoms with van der Waals surface area (Å²) in [5.74, 6) is 1.17. The Hall–Kier alpha value is 0.540. The van der Waals surface area contributed by atoms with Crippen LogP contribution in [0.3, 0.4) is 0 Å². The summed E-state index contributed by atoms with van der Waals surface area (Å²) in [6, 6.07) is 0. The summed E-state index contributed by atoms with van der Waals surface area (Å²) < 4.78 is 5.22. The van der Waals surface area contributed by atoms with Gasteiger partial charge >= 0.3 is 0 Å². The predicted molar refractivity (Wildman–Crippen MR) is 46.0 cm³/mol. The third-order valence-electron chi connectivity index (χ3n) is 1.08. The molecule has 1 nitrogen and oxygen atoms in total. The van der Waals surface area contributed by atoms with Gasteiger partial charge in [-0.1, -0.05) is 13.8 Å². The van der Waals surface area contributed by atoms with Gasteiger partial charge in [-0.25, -0.2) is 0 Å². The Kier molecular flexibility index (Phi) is 5.51. The van der Waals surface area contributed by atoms with Gasteiger partial charge in [0, 0.05) is 17.2 Å². The molecule has 0 amide bonds. The Labute approximate surface area is 72.6 Å². The molecule has 0 fully saturated rings. The van der Waals surface area contributed by atoms with E-state index in [1.54, 1.807) is 0 Å². The first kappa shape index (κ1) is 10.5. The zero-order valence-corrected chi connectivity index (χ0v) is 8.00. The van der Waals surface area contributed by atoms with Crippen LogP contribution >= 0.6 is 23.2 Å². The standard InChI is InChI=1S/C7H14Cl2O/c1-7(2,5-9)6-10-4-3-8/h3-6H2,1-2H3. The molecule has 0 aliphatic carbocycles. The molecular weight excluding hydrogens is 171 g/mol. The summed E-state index contributed by atoms with van der Waals surface area (Å²) in [4.78, 5) is 0. The van der Waals surface area contributed by atoms with Crippen LogP contribution in [-0.4, -0.2) is 25.0 Å². The molecule has 0 aromatic rings. The van der Waals surface area contributed by atoms with E-state index in [0.29, 0.717) is 25.0 Å². The summed E-state index contributed by atoms with van der Waals surface area (Å²) in [7, 11) is 0. The summed E-state index contributed by atoms with van der Waals surface area (Å²) in [5.41, 5.74) is 0.0770. The lowest BCUT2D eigenvalue weighted by Crippen LogP contribution is -2.21. The maximum atomic E-state index is 5.66. The Morgan fingerprint density at radius 1 is 1.30 bits per heavy atom. The predicted octanol–water partition coefficient (Wildman–Crippen LogP) is 2.51. The largest absolute Gasteiger partial charge is 0.380 e. The van der Waals surface area contributed by atoms with Gasteiger partial charge < -0.3 is 4.74 Å². The summed E-state index contributed by atoms with van der Waals surface area (Å²) in [6.45, 7) is 5.42. The zero-order chi connectivity index (χ0) is 8.04. The second-order valence-electron chi connectivity index (χ2n) is 3.04. The van der Waals surface area contributed by atoms with Crippen LogP contribution in [0.1, 0.15) is 13.8 Å². The first-order valence-electron chi connectivity index (χ1n) is 3.32. The molecule has 0 atom stereocenters. The van der Waals surface area contributed by atoms with Crippen molar-refractivity contribution in [1.82, 2.24) is 0 Å². The zero-order valence-electron chi connectivity index (χ0n) is 6.49. The molecule has 0 spiro atoms. The van der Waals surface area contributed by atoms with Crippen LogP contribution in [0, 0.1) is 5.41 Å². The Balaban J connectivity index is 3.28. The summed E-state index contributed by atoms with van der Waals surface area (Å²) >= 11 is 11.1. The minimum absolute atomic E-state index is 0.0770. The van der Waals surface area contributed by atoms with Crippen LogP contribution in [0.2, 0.25) is 0 Å². The molecule has 0 rings (SSSR count). The van der Waals surface area contributed by atoms with Crippen molar-refractivity contribution >= 4 is 23.2 Å². The van der Waals surface area contributed by atoms with Gasteiger partial charge in [0.2, 0.25) is 0 Å². The number of alkyl halides is 2. The van der Waals surface area contributed by atoms with Gasteiger partial charge in [0.25, 0.3) is 0 Å². The van der Waals surface area contributed by atoms with E-state index in [4.69, 9.17) is 27.9 Å². The number of hydrogen-bond donors (Lipinski definition) is 0. The maximum absolute atomic E-state index is 5.66. The summed E-state index contributed by atoms with van der Waals surface area (Å²) in [6.07, 6.45) is 0. The molecule has 0 saturated carbocycles. The second kappa shape index (κ2) is 5.22. The molecule has 0 radical (unpaired) electrons. The van der Waals surface area contributed by atoms with Gasteiger partial charge in [0.05, 0.1) is 13.2 Å². The van der Waals surface area contributed by atoms with E-state index in [1.807, 2.05) is 0 Å². The fourth-order valence-electron chi connectivity index (χ4n) is 0.442. The van der Waals surface area contributed by atoms with Gasteiger partial charge in [-0.15, -0.1) is 23.2 Å². The Morgan fingerprint density at radius 2 is 1.90 bits per heavy atom. The molecule has 62 valence electrons. The van der Waals surface area contributed by atoms with Crippen LogP contribution in [0.4, 0.5) is 0 Å². The molecule has 10 heavy (non-hydrogen) atoms. The van der Waals surface area contributed by atoms with Crippen LogP contribution in [0.25, 0.3) is 0 Å². The quantitative estimate of drug-likeness (QED) is 0.472. The third kappa shape index (κ3) is 5.33. The third-order valence-corrected chi connectivity index (χ3v) is 1.95. The van der Waals surface area contributed by atoms with E-state index < -0.39 is 0 Å². The first-order valence-corrected chi connectivity index (χ1v) is 4.39. The Morgan fingerprint density at radius 3 is 2.30 bits per heavy atom. The first-order chi connectivity index (χ1) is 4.62. The fourth-order valence-corrected chi connectivity index (χ4v) is 0.628. The molecule has 3 heteroatoms. The van der Waals surface area contributed by atoms with E-state index in [-0.39, 0.29) is 5.41 Å². The lowest BCUT2D eigenvalue weighted by atomic mass is 9.98. The second-order valence-corrected chi connectivity index (χ2v) is 3.68. The van der Waals surface area contributed by atoms with Crippen molar-refractivity contribution in [2.24, 2.45) is 5.41 Å². The number of rotatable bonds is 5. The highest BCUT2D eigenvalue weighted by atomic mass is 35.5. The molecule has 0 aliphatic rings. The van der Waals surface area contributed by atoms with Crippen LogP contribution < -0.4 is 0 Å². The highest BCUT2D eigenvalue weighted by Gasteiger charge is 2.15. The van der Waals surface area contributed by atoms with Crippen molar-refractivity contribution in [2.75, 3.05) is 25.0 Å². The molecule has 0 aromatic carbocycles. The number of ether oxygens (including phenoxy) is 1. The molecule has 0 heterocycles. The van der Waals surface area contributed by atoms with Crippen molar-refractivity contribution in [1.29, 1.82) is 0 Å². The topological polar surface area (TPSA) is 9.23 Å². The van der Waals surface area contributed by atoms with Crippen molar-refractivity contribution in [3.63, 3.8) is 0 Å². The lowest BCUT2D eigenvalue weighted by molar-refractivity contribution is 0.0835. The minimum Gasteiger partial charge on any atom is -0.380 e. The van der Waals surface area contributed by atoms with Crippen LogP contribution in [0.15, 0.2) is 0 Å². The molecule has 0 N–H and O–H groups in total. The van der Waals surface area contributed by atoms with E-state index in [1.165, 1.54) is 0 Å². The highest BCUT2D eigenvalue weighted by Crippen LogP contribution is 2.16. The van der Waals surface area contributed by atoms with Crippen molar-refractivity contribution in [3.8, 4) is 0 Å². The van der Waals surface area contributed by atoms with Gasteiger partial charge in [0.15, 0.2) is 0 Å². The van der Waals surface area contributed by atoms with E-state index in [0.717, 1.165) is 0 Å². The molecule has 0 unspecified atom stereocenters. The van der Waals surface area contributed by atoms with E-state index in [2.05, 4.69) is 13.8 Å².